The van der Waals surface area contributed by atoms with E-state index in [0.29, 0.717) is 13.2 Å². The summed E-state index contributed by atoms with van der Waals surface area (Å²) >= 11 is 0. The molecule has 0 fully saturated rings. The van der Waals surface area contributed by atoms with Gasteiger partial charge in [0.15, 0.2) is 11.8 Å². The summed E-state index contributed by atoms with van der Waals surface area (Å²) in [5.74, 6) is 2.57. The number of hydrogen-bond acceptors (Lipinski definition) is 4. The minimum Gasteiger partial charge on any atom is -0.383 e. The molecule has 0 aliphatic heterocycles. The number of methoxy groups -OCH3 is 1. The number of rotatable bonds is 14. The molecular weight excluding hydrogens is 328 g/mol. The van der Waals surface area contributed by atoms with Crippen molar-refractivity contribution in [2.45, 2.75) is 71.8 Å². The average molecular weight is 367 g/mol. The summed E-state index contributed by atoms with van der Waals surface area (Å²) in [6.45, 7) is 7.04. The Morgan fingerprint density at radius 3 is 2.27 bits per heavy atom. The first kappa shape index (κ1) is 22.4. The maximum Gasteiger partial charge on any atom is 0.191 e. The van der Waals surface area contributed by atoms with Gasteiger partial charge < -0.3 is 19.9 Å². The maximum atomic E-state index is 5.10. The normalized spacial score (nSPS) is 11.8. The van der Waals surface area contributed by atoms with Crippen molar-refractivity contribution in [1.29, 1.82) is 0 Å². The number of unbranched alkanes of at least 4 members (excludes halogenated alkanes) is 7. The topological polar surface area (TPSA) is 76.4 Å². The third-order valence-corrected chi connectivity index (χ3v) is 4.48. The number of hydrogen-bond donors (Lipinski definition) is 2. The van der Waals surface area contributed by atoms with Gasteiger partial charge in [0, 0.05) is 27.2 Å². The third-order valence-electron chi connectivity index (χ3n) is 4.48. The molecule has 0 saturated heterocycles. The lowest BCUT2D eigenvalue weighted by molar-refractivity contribution is 0.203. The lowest BCUT2D eigenvalue weighted by Crippen LogP contribution is -2.39. The van der Waals surface area contributed by atoms with Gasteiger partial charge in [0.25, 0.3) is 0 Å². The van der Waals surface area contributed by atoms with Crippen LogP contribution in [0.4, 0.5) is 0 Å². The zero-order valence-electron chi connectivity index (χ0n) is 17.2. The van der Waals surface area contributed by atoms with Crippen molar-refractivity contribution in [1.82, 2.24) is 25.4 Å². The largest absolute Gasteiger partial charge is 0.383 e. The summed E-state index contributed by atoms with van der Waals surface area (Å²) in [6.07, 6.45) is 10.6. The van der Waals surface area contributed by atoms with E-state index in [1.165, 1.54) is 51.4 Å². The molecule has 0 spiro atoms. The van der Waals surface area contributed by atoms with E-state index in [9.17, 15) is 0 Å². The highest BCUT2D eigenvalue weighted by Gasteiger charge is 2.05. The summed E-state index contributed by atoms with van der Waals surface area (Å²) in [5, 5.41) is 14.9. The van der Waals surface area contributed by atoms with Gasteiger partial charge in [-0.15, -0.1) is 10.2 Å². The maximum absolute atomic E-state index is 5.10. The van der Waals surface area contributed by atoms with Crippen LogP contribution in [0.25, 0.3) is 0 Å². The fourth-order valence-electron chi connectivity index (χ4n) is 2.65. The van der Waals surface area contributed by atoms with E-state index in [-0.39, 0.29) is 0 Å². The highest BCUT2D eigenvalue weighted by molar-refractivity contribution is 5.79. The van der Waals surface area contributed by atoms with Gasteiger partial charge >= 0.3 is 0 Å². The van der Waals surface area contributed by atoms with E-state index in [1.54, 1.807) is 7.11 Å². The Balaban J connectivity index is 2.29. The zero-order valence-corrected chi connectivity index (χ0v) is 17.2. The second-order valence-electron chi connectivity index (χ2n) is 6.71. The molecule has 150 valence electrons. The molecule has 1 heterocycles. The van der Waals surface area contributed by atoms with Crippen LogP contribution < -0.4 is 10.6 Å². The Morgan fingerprint density at radius 2 is 1.65 bits per heavy atom. The quantitative estimate of drug-likeness (QED) is 0.301. The molecule has 0 atom stereocenters. The Bertz CT molecular complexity index is 500. The molecule has 1 aromatic heterocycles. The molecule has 0 radical (unpaired) electrons. The van der Waals surface area contributed by atoms with Crippen LogP contribution in [0.3, 0.4) is 0 Å². The van der Waals surface area contributed by atoms with E-state index < -0.39 is 0 Å². The van der Waals surface area contributed by atoms with Gasteiger partial charge in [0.2, 0.25) is 0 Å². The van der Waals surface area contributed by atoms with Crippen molar-refractivity contribution in [3.8, 4) is 0 Å². The van der Waals surface area contributed by atoms with Crippen molar-refractivity contribution in [3.05, 3.63) is 11.6 Å². The molecule has 7 heteroatoms. The number of nitrogens with one attached hydrogen (secondary N) is 2. The van der Waals surface area contributed by atoms with Gasteiger partial charge in [-0.1, -0.05) is 51.9 Å². The van der Waals surface area contributed by atoms with E-state index in [0.717, 1.165) is 30.7 Å². The summed E-state index contributed by atoms with van der Waals surface area (Å²) in [7, 11) is 3.67. The first-order valence-corrected chi connectivity index (χ1v) is 10.0. The molecule has 0 aliphatic carbocycles. The fourth-order valence-corrected chi connectivity index (χ4v) is 2.65. The number of aryl methyl sites for hydroxylation is 1. The molecule has 1 rings (SSSR count). The summed E-state index contributed by atoms with van der Waals surface area (Å²) in [4.78, 5) is 4.62. The van der Waals surface area contributed by atoms with E-state index in [4.69, 9.17) is 4.74 Å². The second kappa shape index (κ2) is 14.5. The van der Waals surface area contributed by atoms with Crippen LogP contribution in [0.15, 0.2) is 4.99 Å². The molecule has 0 aromatic carbocycles. The van der Waals surface area contributed by atoms with Crippen molar-refractivity contribution in [3.63, 3.8) is 0 Å². The Kier molecular flexibility index (Phi) is 12.5. The number of nitrogens with zero attached hydrogens (tertiary/aromatic N) is 4. The lowest BCUT2D eigenvalue weighted by atomic mass is 10.1. The van der Waals surface area contributed by atoms with Crippen LogP contribution in [-0.4, -0.2) is 47.5 Å². The smallest absolute Gasteiger partial charge is 0.191 e. The van der Waals surface area contributed by atoms with Crippen LogP contribution >= 0.6 is 0 Å². The molecule has 7 nitrogen and oxygen atoms in total. The second-order valence-corrected chi connectivity index (χ2v) is 6.71. The minimum atomic E-state index is 0.511. The average Bonchev–Trinajstić information content (AvgIpc) is 2.96. The molecular formula is C19H38N6O. The van der Waals surface area contributed by atoms with Gasteiger partial charge in [-0.05, 0) is 13.3 Å². The number of aliphatic imine (C=N–C) groups is 1. The molecule has 0 unspecified atom stereocenters. The first-order chi connectivity index (χ1) is 12.7. The van der Waals surface area contributed by atoms with Crippen molar-refractivity contribution in [2.24, 2.45) is 12.0 Å². The molecule has 0 saturated carbocycles. The van der Waals surface area contributed by atoms with Crippen molar-refractivity contribution in [2.75, 3.05) is 26.8 Å². The summed E-state index contributed by atoms with van der Waals surface area (Å²) < 4.78 is 7.07. The Hall–Kier alpha value is -1.63. The minimum absolute atomic E-state index is 0.511. The predicted molar refractivity (Wildman–Crippen MR) is 107 cm³/mol. The molecule has 0 amide bonds. The van der Waals surface area contributed by atoms with Crippen LogP contribution in [0, 0.1) is 6.92 Å². The number of guanidine groups is 1. The number of aromatic nitrogens is 3. The van der Waals surface area contributed by atoms with Crippen LogP contribution in [0.2, 0.25) is 0 Å². The van der Waals surface area contributed by atoms with Gasteiger partial charge in [0.05, 0.1) is 6.61 Å². The Labute approximate surface area is 159 Å². The molecule has 0 bridgehead atoms. The number of ether oxygens (including phenoxy) is 1. The van der Waals surface area contributed by atoms with Crippen LogP contribution in [0.1, 0.15) is 69.9 Å². The van der Waals surface area contributed by atoms with Crippen LogP contribution in [0.5, 0.6) is 0 Å². The fraction of sp³-hybridized carbons (Fsp3) is 0.842. The zero-order chi connectivity index (χ0) is 19.0. The molecule has 0 aliphatic rings. The van der Waals surface area contributed by atoms with E-state index in [2.05, 4.69) is 32.7 Å². The highest BCUT2D eigenvalue weighted by Crippen LogP contribution is 2.07. The van der Waals surface area contributed by atoms with Crippen molar-refractivity contribution < 1.29 is 4.74 Å². The van der Waals surface area contributed by atoms with E-state index >= 15 is 0 Å². The van der Waals surface area contributed by atoms with Gasteiger partial charge in [-0.2, -0.15) is 0 Å². The van der Waals surface area contributed by atoms with Gasteiger partial charge in [-0.3, -0.25) is 0 Å². The van der Waals surface area contributed by atoms with Gasteiger partial charge in [0.1, 0.15) is 12.4 Å². The lowest BCUT2D eigenvalue weighted by Gasteiger charge is -2.12. The monoisotopic (exact) mass is 366 g/mol. The first-order valence-electron chi connectivity index (χ1n) is 10.0. The SMILES string of the molecule is CCCCCCCCCCNC(=NCc1nnc(C)n1C)NCCOC. The predicted octanol–water partition coefficient (Wildman–Crippen LogP) is 2.95. The Morgan fingerprint density at radius 1 is 1.00 bits per heavy atom. The van der Waals surface area contributed by atoms with Crippen LogP contribution in [-0.2, 0) is 18.3 Å². The summed E-state index contributed by atoms with van der Waals surface area (Å²) in [6, 6.07) is 0. The standard InChI is InChI=1S/C19H38N6O/c1-5-6-7-8-9-10-11-12-13-20-19(21-14-15-26-4)22-16-18-24-23-17(2)25(18)3/h5-16H2,1-4H3,(H2,20,21,22). The molecule has 2 N–H and O–H groups in total. The molecule has 1 aromatic rings. The van der Waals surface area contributed by atoms with Crippen molar-refractivity contribution >= 4 is 5.96 Å². The van der Waals surface area contributed by atoms with Gasteiger partial charge in [-0.25, -0.2) is 4.99 Å². The third kappa shape index (κ3) is 9.75. The summed E-state index contributed by atoms with van der Waals surface area (Å²) in [5.41, 5.74) is 0. The van der Waals surface area contributed by atoms with E-state index in [1.807, 2.05) is 18.5 Å². The highest BCUT2D eigenvalue weighted by atomic mass is 16.5. The molecule has 26 heavy (non-hydrogen) atoms.